The maximum atomic E-state index is 13.5. The molecule has 0 bridgehead atoms. The number of amides is 2. The summed E-state index contributed by atoms with van der Waals surface area (Å²) >= 11 is 0. The summed E-state index contributed by atoms with van der Waals surface area (Å²) in [7, 11) is 1.58. The lowest BCUT2D eigenvalue weighted by Gasteiger charge is -2.16. The van der Waals surface area contributed by atoms with E-state index in [9.17, 15) is 9.59 Å². The summed E-state index contributed by atoms with van der Waals surface area (Å²) in [6, 6.07) is 21.7. The molecule has 3 aromatic rings. The predicted octanol–water partition coefficient (Wildman–Crippen LogP) is 4.80. The quantitative estimate of drug-likeness (QED) is 0.548. The van der Waals surface area contributed by atoms with Crippen LogP contribution in [0.25, 0.3) is 5.57 Å². The van der Waals surface area contributed by atoms with Gasteiger partial charge >= 0.3 is 0 Å². The number of hydrogen-bond acceptors (Lipinski definition) is 5. The van der Waals surface area contributed by atoms with Crippen molar-refractivity contribution in [3.63, 3.8) is 0 Å². The van der Waals surface area contributed by atoms with Crippen molar-refractivity contribution in [2.45, 2.75) is 13.8 Å². The zero-order chi connectivity index (χ0) is 22.7. The molecule has 1 aliphatic rings. The third-order valence-corrected chi connectivity index (χ3v) is 5.14. The predicted molar refractivity (Wildman–Crippen MR) is 125 cm³/mol. The van der Waals surface area contributed by atoms with Gasteiger partial charge in [-0.25, -0.2) is 4.90 Å². The maximum absolute atomic E-state index is 13.5. The number of methoxy groups -OCH3 is 1. The van der Waals surface area contributed by atoms with E-state index in [2.05, 4.69) is 5.32 Å². The molecule has 32 heavy (non-hydrogen) atoms. The zero-order valence-electron chi connectivity index (χ0n) is 18.2. The van der Waals surface area contributed by atoms with Crippen molar-refractivity contribution in [3.8, 4) is 11.5 Å². The van der Waals surface area contributed by atoms with Crippen LogP contribution in [0, 0.1) is 6.92 Å². The zero-order valence-corrected chi connectivity index (χ0v) is 18.2. The molecule has 1 N–H and O–H groups in total. The van der Waals surface area contributed by atoms with Gasteiger partial charge in [0.25, 0.3) is 11.8 Å². The van der Waals surface area contributed by atoms with E-state index >= 15 is 0 Å². The SMILES string of the molecule is CCOc1ccc(C2=C(Nc3cccc(OC)c3)C(=O)N(c3cccc(C)c3)C2=O)cc1. The van der Waals surface area contributed by atoms with E-state index in [0.29, 0.717) is 40.6 Å². The summed E-state index contributed by atoms with van der Waals surface area (Å²) in [6.45, 7) is 4.37. The molecule has 1 heterocycles. The average molecular weight is 428 g/mol. The van der Waals surface area contributed by atoms with Crippen LogP contribution in [-0.4, -0.2) is 25.5 Å². The first-order chi connectivity index (χ1) is 15.5. The maximum Gasteiger partial charge on any atom is 0.282 e. The smallest absolute Gasteiger partial charge is 0.282 e. The minimum Gasteiger partial charge on any atom is -0.497 e. The number of rotatable bonds is 7. The molecule has 0 unspecified atom stereocenters. The Kier molecular flexibility index (Phi) is 5.94. The monoisotopic (exact) mass is 428 g/mol. The van der Waals surface area contributed by atoms with Crippen LogP contribution in [0.1, 0.15) is 18.1 Å². The Morgan fingerprint density at radius 3 is 2.31 bits per heavy atom. The summed E-state index contributed by atoms with van der Waals surface area (Å²) < 4.78 is 10.8. The summed E-state index contributed by atoms with van der Waals surface area (Å²) in [4.78, 5) is 28.2. The number of anilines is 2. The molecule has 0 fully saturated rings. The van der Waals surface area contributed by atoms with Crippen LogP contribution >= 0.6 is 0 Å². The number of imide groups is 1. The lowest BCUT2D eigenvalue weighted by molar-refractivity contribution is -0.120. The molecule has 6 heteroatoms. The molecule has 0 radical (unpaired) electrons. The Morgan fingerprint density at radius 2 is 1.62 bits per heavy atom. The first-order valence-electron chi connectivity index (χ1n) is 10.4. The Morgan fingerprint density at radius 1 is 0.875 bits per heavy atom. The van der Waals surface area contributed by atoms with Gasteiger partial charge in [-0.3, -0.25) is 9.59 Å². The van der Waals surface area contributed by atoms with Crippen molar-refractivity contribution in [3.05, 3.63) is 89.6 Å². The topological polar surface area (TPSA) is 67.9 Å². The van der Waals surface area contributed by atoms with Crippen LogP contribution in [0.15, 0.2) is 78.5 Å². The second-order valence-electron chi connectivity index (χ2n) is 7.35. The summed E-state index contributed by atoms with van der Waals surface area (Å²) in [6.07, 6.45) is 0. The molecule has 0 atom stereocenters. The molecule has 2 amide bonds. The van der Waals surface area contributed by atoms with Crippen molar-refractivity contribution in [1.29, 1.82) is 0 Å². The number of aryl methyl sites for hydroxylation is 1. The standard InChI is InChI=1S/C26H24N2O4/c1-4-32-21-13-11-18(12-14-21)23-24(27-19-8-6-10-22(16-19)31-3)26(30)28(25(23)29)20-9-5-7-17(2)15-20/h5-16,27H,4H2,1-3H3. The summed E-state index contributed by atoms with van der Waals surface area (Å²) in [5, 5.41) is 3.15. The molecule has 0 aromatic heterocycles. The number of hydrogen-bond donors (Lipinski definition) is 1. The van der Waals surface area contributed by atoms with Crippen LogP contribution in [0.5, 0.6) is 11.5 Å². The Balaban J connectivity index is 1.79. The second kappa shape index (κ2) is 8.98. The van der Waals surface area contributed by atoms with Crippen molar-refractivity contribution in [1.82, 2.24) is 0 Å². The van der Waals surface area contributed by atoms with Crippen LogP contribution < -0.4 is 19.7 Å². The molecule has 0 aliphatic carbocycles. The van der Waals surface area contributed by atoms with E-state index in [1.165, 1.54) is 4.90 Å². The van der Waals surface area contributed by atoms with Crippen LogP contribution in [0.2, 0.25) is 0 Å². The molecular formula is C26H24N2O4. The highest BCUT2D eigenvalue weighted by atomic mass is 16.5. The van der Waals surface area contributed by atoms with Crippen molar-refractivity contribution in [2.24, 2.45) is 0 Å². The Labute approximate surface area is 187 Å². The van der Waals surface area contributed by atoms with E-state index in [-0.39, 0.29) is 11.6 Å². The molecule has 0 saturated heterocycles. The van der Waals surface area contributed by atoms with Gasteiger partial charge < -0.3 is 14.8 Å². The fourth-order valence-electron chi connectivity index (χ4n) is 3.64. The summed E-state index contributed by atoms with van der Waals surface area (Å²) in [5.74, 6) is 0.555. The van der Waals surface area contributed by atoms with Gasteiger partial charge in [-0.15, -0.1) is 0 Å². The minimum atomic E-state index is -0.410. The fraction of sp³-hybridized carbons (Fsp3) is 0.154. The van der Waals surface area contributed by atoms with Crippen molar-refractivity contribution >= 4 is 28.8 Å². The molecule has 0 spiro atoms. The van der Waals surface area contributed by atoms with Gasteiger partial charge in [-0.2, -0.15) is 0 Å². The van der Waals surface area contributed by atoms with Gasteiger partial charge in [0, 0.05) is 11.8 Å². The average Bonchev–Trinajstić information content (AvgIpc) is 3.04. The number of carbonyl (C=O) groups is 2. The van der Waals surface area contributed by atoms with Crippen LogP contribution in [-0.2, 0) is 9.59 Å². The molecule has 162 valence electrons. The lowest BCUT2D eigenvalue weighted by atomic mass is 10.0. The third kappa shape index (κ3) is 4.07. The van der Waals surface area contributed by atoms with Gasteiger partial charge in [0.05, 0.1) is 25.0 Å². The minimum absolute atomic E-state index is 0.217. The fourth-order valence-corrected chi connectivity index (χ4v) is 3.64. The van der Waals surface area contributed by atoms with E-state index in [1.54, 1.807) is 43.5 Å². The van der Waals surface area contributed by atoms with Gasteiger partial charge in [0.1, 0.15) is 17.2 Å². The molecule has 6 nitrogen and oxygen atoms in total. The Bertz CT molecular complexity index is 1200. The first kappa shape index (κ1) is 21.2. The van der Waals surface area contributed by atoms with E-state index in [0.717, 1.165) is 5.56 Å². The number of nitrogens with one attached hydrogen (secondary N) is 1. The molecular weight excluding hydrogens is 404 g/mol. The number of carbonyl (C=O) groups excluding carboxylic acids is 2. The van der Waals surface area contributed by atoms with E-state index in [1.807, 2.05) is 50.2 Å². The number of benzene rings is 3. The van der Waals surface area contributed by atoms with Crippen molar-refractivity contribution < 1.29 is 19.1 Å². The third-order valence-electron chi connectivity index (χ3n) is 5.14. The number of nitrogens with zero attached hydrogens (tertiary/aromatic N) is 1. The van der Waals surface area contributed by atoms with Gasteiger partial charge in [0.15, 0.2) is 0 Å². The number of ether oxygens (including phenoxy) is 2. The largest absolute Gasteiger partial charge is 0.497 e. The Hall–Kier alpha value is -4.06. The highest BCUT2D eigenvalue weighted by Crippen LogP contribution is 2.35. The van der Waals surface area contributed by atoms with Gasteiger partial charge in [0.2, 0.25) is 0 Å². The second-order valence-corrected chi connectivity index (χ2v) is 7.35. The van der Waals surface area contributed by atoms with Gasteiger partial charge in [-0.1, -0.05) is 30.3 Å². The van der Waals surface area contributed by atoms with Crippen LogP contribution in [0.4, 0.5) is 11.4 Å². The lowest BCUT2D eigenvalue weighted by Crippen LogP contribution is -2.32. The molecule has 3 aromatic carbocycles. The highest BCUT2D eigenvalue weighted by molar-refractivity contribution is 6.46. The molecule has 0 saturated carbocycles. The first-order valence-corrected chi connectivity index (χ1v) is 10.4. The summed E-state index contributed by atoms with van der Waals surface area (Å²) in [5.41, 5.74) is 3.30. The van der Waals surface area contributed by atoms with E-state index in [4.69, 9.17) is 9.47 Å². The van der Waals surface area contributed by atoms with Crippen molar-refractivity contribution in [2.75, 3.05) is 23.9 Å². The van der Waals surface area contributed by atoms with E-state index < -0.39 is 5.91 Å². The van der Waals surface area contributed by atoms with Crippen LogP contribution in [0.3, 0.4) is 0 Å². The molecule has 4 rings (SSSR count). The normalized spacial score (nSPS) is 13.5. The van der Waals surface area contributed by atoms with Gasteiger partial charge in [-0.05, 0) is 61.4 Å². The molecule has 1 aliphatic heterocycles. The highest BCUT2D eigenvalue weighted by Gasteiger charge is 2.40.